The highest BCUT2D eigenvalue weighted by Crippen LogP contribution is 1.83. The van der Waals surface area contributed by atoms with Crippen LogP contribution in [0.1, 0.15) is 6.42 Å². The first-order valence-corrected chi connectivity index (χ1v) is 3.23. The van der Waals surface area contributed by atoms with Crippen LogP contribution in [0.3, 0.4) is 0 Å². The zero-order chi connectivity index (χ0) is 5.66. The van der Waals surface area contributed by atoms with Gasteiger partial charge < -0.3 is 10.6 Å². The summed E-state index contributed by atoms with van der Waals surface area (Å²) in [7, 11) is 0. The van der Waals surface area contributed by atoms with Crippen LogP contribution >= 0.6 is 0 Å². The van der Waals surface area contributed by atoms with Crippen LogP contribution in [-0.2, 0) is 0 Å². The van der Waals surface area contributed by atoms with Gasteiger partial charge in [-0.05, 0) is 25.9 Å². The van der Waals surface area contributed by atoms with E-state index < -0.39 is 0 Å². The number of nitrogens with one attached hydrogen (secondary N) is 2. The average Bonchev–Trinajstić information content (AvgIpc) is 1.62. The van der Waals surface area contributed by atoms with Gasteiger partial charge in [-0.1, -0.05) is 0 Å². The van der Waals surface area contributed by atoms with E-state index in [1.165, 1.54) is 6.42 Å². The van der Waals surface area contributed by atoms with Crippen molar-refractivity contribution in [3.8, 4) is 0 Å². The lowest BCUT2D eigenvalue weighted by Gasteiger charge is -2.09. The molecule has 0 bridgehead atoms. The zero-order valence-electron chi connectivity index (χ0n) is 5.11. The van der Waals surface area contributed by atoms with Crippen molar-refractivity contribution in [2.45, 2.75) is 6.42 Å². The summed E-state index contributed by atoms with van der Waals surface area (Å²) in [6.45, 7) is 4.47. The third-order valence-electron chi connectivity index (χ3n) is 1.29. The lowest BCUT2D eigenvalue weighted by atomic mass is 10.3. The van der Waals surface area contributed by atoms with Gasteiger partial charge in [0.2, 0.25) is 0 Å². The molecule has 1 rings (SSSR count). The van der Waals surface area contributed by atoms with E-state index in [-0.39, 0.29) is 0 Å². The summed E-state index contributed by atoms with van der Waals surface area (Å²) in [5, 5.41) is 6.56. The van der Waals surface area contributed by atoms with E-state index in [0.29, 0.717) is 0 Å². The molecule has 0 unspecified atom stereocenters. The van der Waals surface area contributed by atoms with Gasteiger partial charge in [0.25, 0.3) is 0 Å². The topological polar surface area (TPSA) is 24.1 Å². The third kappa shape index (κ3) is 2.28. The molecule has 0 amide bonds. The SMILES string of the molecule is [CH]1CCNCCNC1. The molecule has 1 saturated heterocycles. The summed E-state index contributed by atoms with van der Waals surface area (Å²) in [6.07, 6.45) is 3.47. The summed E-state index contributed by atoms with van der Waals surface area (Å²) >= 11 is 0. The van der Waals surface area contributed by atoms with Gasteiger partial charge in [-0.15, -0.1) is 0 Å². The molecule has 0 aromatic heterocycles. The fourth-order valence-electron chi connectivity index (χ4n) is 0.812. The Balaban J connectivity index is 2.00. The van der Waals surface area contributed by atoms with Gasteiger partial charge in [0.05, 0.1) is 0 Å². The fraction of sp³-hybridized carbons (Fsp3) is 0.833. The smallest absolute Gasteiger partial charge is 0.00768 e. The highest BCUT2D eigenvalue weighted by Gasteiger charge is 1.93. The molecule has 0 saturated carbocycles. The van der Waals surface area contributed by atoms with Crippen LogP contribution in [0.25, 0.3) is 0 Å². The van der Waals surface area contributed by atoms with Crippen molar-refractivity contribution in [2.75, 3.05) is 26.2 Å². The van der Waals surface area contributed by atoms with Gasteiger partial charge in [0, 0.05) is 13.1 Å². The molecule has 1 radical (unpaired) electrons. The van der Waals surface area contributed by atoms with Crippen molar-refractivity contribution in [2.24, 2.45) is 0 Å². The highest BCUT2D eigenvalue weighted by molar-refractivity contribution is 4.72. The highest BCUT2D eigenvalue weighted by atomic mass is 14.9. The molecule has 1 heterocycles. The van der Waals surface area contributed by atoms with Gasteiger partial charge in [0.15, 0.2) is 0 Å². The molecule has 1 aliphatic heterocycles. The summed E-state index contributed by atoms with van der Waals surface area (Å²) < 4.78 is 0. The monoisotopic (exact) mass is 113 g/mol. The molecule has 47 valence electrons. The first kappa shape index (κ1) is 6.05. The van der Waals surface area contributed by atoms with Gasteiger partial charge in [0.1, 0.15) is 0 Å². The molecule has 0 atom stereocenters. The maximum absolute atomic E-state index is 3.29. The summed E-state index contributed by atoms with van der Waals surface area (Å²) in [4.78, 5) is 0. The average molecular weight is 113 g/mol. The minimum Gasteiger partial charge on any atom is -0.315 e. The van der Waals surface area contributed by atoms with Crippen molar-refractivity contribution in [3.05, 3.63) is 6.42 Å². The molecule has 2 nitrogen and oxygen atoms in total. The molecule has 0 spiro atoms. The maximum atomic E-state index is 3.29. The predicted octanol–water partition coefficient (Wildman–Crippen LogP) is -0.226. The minimum absolute atomic E-state index is 1.08. The molecular weight excluding hydrogens is 100 g/mol. The number of hydrogen-bond donors (Lipinski definition) is 2. The third-order valence-corrected chi connectivity index (χ3v) is 1.29. The van der Waals surface area contributed by atoms with Crippen LogP contribution in [0.15, 0.2) is 0 Å². The maximum Gasteiger partial charge on any atom is 0.00768 e. The van der Waals surface area contributed by atoms with Crippen molar-refractivity contribution in [3.63, 3.8) is 0 Å². The fourth-order valence-corrected chi connectivity index (χ4v) is 0.812. The quantitative estimate of drug-likeness (QED) is 0.453. The van der Waals surface area contributed by atoms with Crippen LogP contribution in [-0.4, -0.2) is 26.2 Å². The second-order valence-electron chi connectivity index (χ2n) is 2.03. The van der Waals surface area contributed by atoms with Crippen LogP contribution in [0.4, 0.5) is 0 Å². The Morgan fingerprint density at radius 1 is 1.00 bits per heavy atom. The number of rotatable bonds is 0. The van der Waals surface area contributed by atoms with E-state index >= 15 is 0 Å². The second kappa shape index (κ2) is 3.87. The molecule has 2 N–H and O–H groups in total. The summed E-state index contributed by atoms with van der Waals surface area (Å²) in [5.74, 6) is 0. The first-order valence-electron chi connectivity index (χ1n) is 3.23. The van der Waals surface area contributed by atoms with Crippen molar-refractivity contribution >= 4 is 0 Å². The Kier molecular flexibility index (Phi) is 2.92. The van der Waals surface area contributed by atoms with E-state index in [2.05, 4.69) is 17.1 Å². The first-order chi connectivity index (χ1) is 4.00. The summed E-state index contributed by atoms with van der Waals surface area (Å²) in [6, 6.07) is 0. The minimum atomic E-state index is 1.08. The zero-order valence-corrected chi connectivity index (χ0v) is 5.11. The van der Waals surface area contributed by atoms with Gasteiger partial charge in [-0.25, -0.2) is 0 Å². The molecular formula is C6H13N2. The Hall–Kier alpha value is -0.0800. The van der Waals surface area contributed by atoms with E-state index in [1.807, 2.05) is 0 Å². The molecule has 0 aliphatic carbocycles. The second-order valence-corrected chi connectivity index (χ2v) is 2.03. The van der Waals surface area contributed by atoms with Crippen LogP contribution in [0.5, 0.6) is 0 Å². The Morgan fingerprint density at radius 2 is 1.88 bits per heavy atom. The Labute approximate surface area is 50.7 Å². The molecule has 0 aromatic rings. The molecule has 1 aliphatic rings. The molecule has 1 fully saturated rings. The van der Waals surface area contributed by atoms with E-state index in [0.717, 1.165) is 26.2 Å². The van der Waals surface area contributed by atoms with E-state index in [9.17, 15) is 0 Å². The predicted molar refractivity (Wildman–Crippen MR) is 34.7 cm³/mol. The van der Waals surface area contributed by atoms with Gasteiger partial charge in [-0.2, -0.15) is 0 Å². The van der Waals surface area contributed by atoms with Crippen LogP contribution in [0, 0.1) is 6.42 Å². The Morgan fingerprint density at radius 3 is 2.88 bits per heavy atom. The normalized spacial score (nSPS) is 24.0. The van der Waals surface area contributed by atoms with Crippen LogP contribution in [0.2, 0.25) is 0 Å². The van der Waals surface area contributed by atoms with E-state index in [4.69, 9.17) is 0 Å². The molecule has 2 heteroatoms. The van der Waals surface area contributed by atoms with Crippen LogP contribution < -0.4 is 10.6 Å². The Bertz CT molecular complexity index is 30.5. The van der Waals surface area contributed by atoms with Gasteiger partial charge >= 0.3 is 0 Å². The van der Waals surface area contributed by atoms with Crippen molar-refractivity contribution < 1.29 is 0 Å². The lowest BCUT2D eigenvalue weighted by molar-refractivity contribution is 0.584. The molecule has 8 heavy (non-hydrogen) atoms. The largest absolute Gasteiger partial charge is 0.315 e. The standard InChI is InChI=1S/C6H13N2/c1-2-4-8-6-5-7-3-1/h1,7-8H,2-6H2. The molecule has 0 aromatic carbocycles. The summed E-state index contributed by atoms with van der Waals surface area (Å²) in [5.41, 5.74) is 0. The van der Waals surface area contributed by atoms with Gasteiger partial charge in [-0.3, -0.25) is 0 Å². The van der Waals surface area contributed by atoms with Crippen molar-refractivity contribution in [1.29, 1.82) is 0 Å². The van der Waals surface area contributed by atoms with Crippen molar-refractivity contribution in [1.82, 2.24) is 10.6 Å². The number of hydrogen-bond acceptors (Lipinski definition) is 2. The lowest BCUT2D eigenvalue weighted by Crippen LogP contribution is -2.32. The van der Waals surface area contributed by atoms with E-state index in [1.54, 1.807) is 0 Å².